The zero-order valence-corrected chi connectivity index (χ0v) is 33.4. The van der Waals surface area contributed by atoms with Crippen LogP contribution in [0.4, 0.5) is 34.1 Å². The lowest BCUT2D eigenvalue weighted by Gasteiger charge is -2.27. The average molecular weight is 751 g/mol. The third kappa shape index (κ3) is 5.15. The highest BCUT2D eigenvalue weighted by atomic mass is 32.1. The van der Waals surface area contributed by atoms with E-state index in [1.807, 2.05) is 11.3 Å². The Morgan fingerprint density at radius 1 is 0.316 bits per heavy atom. The minimum Gasteiger partial charge on any atom is -0.310 e. The molecule has 57 heavy (non-hydrogen) atoms. The molecule has 2 aliphatic carbocycles. The van der Waals surface area contributed by atoms with E-state index >= 15 is 0 Å². The summed E-state index contributed by atoms with van der Waals surface area (Å²) >= 11 is 1.87. The normalized spacial score (nSPS) is 14.2. The van der Waals surface area contributed by atoms with Crippen molar-refractivity contribution in [1.82, 2.24) is 0 Å². The van der Waals surface area contributed by atoms with Crippen molar-refractivity contribution in [2.45, 2.75) is 38.5 Å². The van der Waals surface area contributed by atoms with Crippen LogP contribution in [0.15, 0.2) is 182 Å². The van der Waals surface area contributed by atoms with Gasteiger partial charge in [-0.3, -0.25) is 0 Å². The summed E-state index contributed by atoms with van der Waals surface area (Å²) in [6.07, 6.45) is 0. The first kappa shape index (κ1) is 33.9. The Hall–Kier alpha value is -6.42. The van der Waals surface area contributed by atoms with E-state index in [-0.39, 0.29) is 10.8 Å². The second-order valence-corrected chi connectivity index (χ2v) is 17.7. The quantitative estimate of drug-likeness (QED) is 0.167. The number of para-hydroxylation sites is 2. The Morgan fingerprint density at radius 3 is 1.11 bits per heavy atom. The largest absolute Gasteiger partial charge is 0.310 e. The number of fused-ring (bicyclic) bond motifs is 9. The molecule has 0 bridgehead atoms. The fourth-order valence-corrected chi connectivity index (χ4v) is 10.9. The van der Waals surface area contributed by atoms with Crippen molar-refractivity contribution in [3.05, 3.63) is 204 Å². The monoisotopic (exact) mass is 750 g/mol. The molecule has 1 heterocycles. The molecular formula is C54H42N2S. The SMILES string of the molecule is CC1(C)c2ccccc2-c2cc(N(c3ccccc3)c3ccc4c(c3)sc3cc(N(c5ccccc5)c5ccc6c(c5)-c5ccccc5C6(C)C)ccc34)ccc21. The molecular weight excluding hydrogens is 709 g/mol. The van der Waals surface area contributed by atoms with Gasteiger partial charge in [-0.2, -0.15) is 0 Å². The fourth-order valence-electron chi connectivity index (χ4n) is 9.78. The lowest BCUT2D eigenvalue weighted by atomic mass is 9.82. The van der Waals surface area contributed by atoms with Gasteiger partial charge in [0.1, 0.15) is 0 Å². The van der Waals surface area contributed by atoms with Crippen LogP contribution in [-0.2, 0) is 10.8 Å². The Balaban J connectivity index is 1.03. The predicted octanol–water partition coefficient (Wildman–Crippen LogP) is 15.6. The zero-order valence-electron chi connectivity index (χ0n) is 32.6. The topological polar surface area (TPSA) is 6.48 Å². The molecule has 9 aromatic rings. The van der Waals surface area contributed by atoms with Crippen LogP contribution in [0.1, 0.15) is 49.9 Å². The molecule has 0 saturated heterocycles. The number of nitrogens with zero attached hydrogens (tertiary/aromatic N) is 2. The molecule has 0 aliphatic heterocycles. The maximum absolute atomic E-state index is 2.41. The van der Waals surface area contributed by atoms with Gasteiger partial charge in [0, 0.05) is 65.1 Å². The molecule has 1 aromatic heterocycles. The van der Waals surface area contributed by atoms with Gasteiger partial charge in [-0.1, -0.05) is 137 Å². The summed E-state index contributed by atoms with van der Waals surface area (Å²) in [5.41, 5.74) is 17.7. The molecule has 274 valence electrons. The number of hydrogen-bond acceptors (Lipinski definition) is 3. The minimum atomic E-state index is -0.0319. The Kier molecular flexibility index (Phi) is 7.46. The van der Waals surface area contributed by atoms with Crippen molar-refractivity contribution in [3.8, 4) is 22.3 Å². The van der Waals surface area contributed by atoms with E-state index in [2.05, 4.69) is 219 Å². The van der Waals surface area contributed by atoms with Gasteiger partial charge >= 0.3 is 0 Å². The Labute approximate surface area is 338 Å². The molecule has 0 unspecified atom stereocenters. The molecule has 0 atom stereocenters. The van der Waals surface area contributed by atoms with Gasteiger partial charge in [-0.25, -0.2) is 0 Å². The first-order valence-electron chi connectivity index (χ1n) is 19.9. The van der Waals surface area contributed by atoms with Crippen LogP contribution in [-0.4, -0.2) is 0 Å². The summed E-state index contributed by atoms with van der Waals surface area (Å²) in [7, 11) is 0. The third-order valence-corrected chi connectivity index (χ3v) is 13.8. The summed E-state index contributed by atoms with van der Waals surface area (Å²) in [6, 6.07) is 67.4. The molecule has 0 fully saturated rings. The molecule has 0 saturated carbocycles. The summed E-state index contributed by atoms with van der Waals surface area (Å²) in [5.74, 6) is 0. The van der Waals surface area contributed by atoms with Crippen molar-refractivity contribution >= 4 is 65.6 Å². The standard InChI is InChI=1S/C54H42N2S/c1-53(2)47-21-13-11-19-41(47)45-31-37(25-29-49(45)53)55(35-15-7-5-8-16-35)39-23-27-43-44-28-24-40(34-52(44)57-51(43)33-39)56(36-17-9-6-10-18-36)38-26-30-50-46(32-38)42-20-12-14-22-48(42)54(50,3)4/h5-34H,1-4H3. The third-order valence-electron chi connectivity index (χ3n) is 12.6. The van der Waals surface area contributed by atoms with Gasteiger partial charge < -0.3 is 9.80 Å². The van der Waals surface area contributed by atoms with Gasteiger partial charge in [0.2, 0.25) is 0 Å². The summed E-state index contributed by atoms with van der Waals surface area (Å²) in [4.78, 5) is 4.82. The van der Waals surface area contributed by atoms with Crippen LogP contribution < -0.4 is 9.80 Å². The highest BCUT2D eigenvalue weighted by molar-refractivity contribution is 7.25. The predicted molar refractivity (Wildman–Crippen MR) is 244 cm³/mol. The van der Waals surface area contributed by atoms with Crippen LogP contribution in [0.5, 0.6) is 0 Å². The molecule has 2 nitrogen and oxygen atoms in total. The number of benzene rings is 8. The van der Waals surface area contributed by atoms with E-state index in [0.717, 1.165) is 34.1 Å². The molecule has 8 aromatic carbocycles. The van der Waals surface area contributed by atoms with Gasteiger partial charge in [0.05, 0.1) is 0 Å². The Bertz CT molecular complexity index is 2820. The highest BCUT2D eigenvalue weighted by Gasteiger charge is 2.37. The fraction of sp³-hybridized carbons (Fsp3) is 0.111. The highest BCUT2D eigenvalue weighted by Crippen LogP contribution is 2.53. The second-order valence-electron chi connectivity index (χ2n) is 16.6. The smallest absolute Gasteiger partial charge is 0.0476 e. The van der Waals surface area contributed by atoms with E-state index < -0.39 is 0 Å². The number of anilines is 6. The van der Waals surface area contributed by atoms with E-state index in [0.29, 0.717) is 0 Å². The first-order valence-corrected chi connectivity index (χ1v) is 20.7. The zero-order chi connectivity index (χ0) is 38.5. The van der Waals surface area contributed by atoms with Crippen molar-refractivity contribution in [1.29, 1.82) is 0 Å². The molecule has 3 heteroatoms. The van der Waals surface area contributed by atoms with Crippen molar-refractivity contribution in [2.24, 2.45) is 0 Å². The molecule has 0 radical (unpaired) electrons. The number of hydrogen-bond donors (Lipinski definition) is 0. The lowest BCUT2D eigenvalue weighted by Crippen LogP contribution is -2.15. The van der Waals surface area contributed by atoms with Crippen molar-refractivity contribution < 1.29 is 0 Å². The number of rotatable bonds is 6. The number of thiophene rings is 1. The van der Waals surface area contributed by atoms with Crippen LogP contribution in [0.3, 0.4) is 0 Å². The van der Waals surface area contributed by atoms with Crippen LogP contribution in [0.25, 0.3) is 42.4 Å². The van der Waals surface area contributed by atoms with Crippen molar-refractivity contribution in [2.75, 3.05) is 9.80 Å². The lowest BCUT2D eigenvalue weighted by molar-refractivity contribution is 0.660. The maximum Gasteiger partial charge on any atom is 0.0476 e. The maximum atomic E-state index is 2.41. The van der Waals surface area contributed by atoms with E-state index in [1.54, 1.807) is 0 Å². The molecule has 0 amide bonds. The van der Waals surface area contributed by atoms with E-state index in [4.69, 9.17) is 0 Å². The molecule has 0 N–H and O–H groups in total. The second kappa shape index (κ2) is 12.5. The van der Waals surface area contributed by atoms with Crippen molar-refractivity contribution in [3.63, 3.8) is 0 Å². The van der Waals surface area contributed by atoms with Gasteiger partial charge in [-0.05, 0) is 117 Å². The first-order chi connectivity index (χ1) is 27.8. The molecule has 0 spiro atoms. The average Bonchev–Trinajstić information content (AvgIpc) is 3.80. The summed E-state index contributed by atoms with van der Waals surface area (Å²) in [6.45, 7) is 9.38. The molecule has 2 aliphatic rings. The van der Waals surface area contributed by atoms with Crippen LogP contribution in [0.2, 0.25) is 0 Å². The van der Waals surface area contributed by atoms with E-state index in [1.165, 1.54) is 64.7 Å². The van der Waals surface area contributed by atoms with Crippen LogP contribution >= 0.6 is 11.3 Å². The van der Waals surface area contributed by atoms with Gasteiger partial charge in [0.25, 0.3) is 0 Å². The summed E-state index contributed by atoms with van der Waals surface area (Å²) < 4.78 is 2.55. The van der Waals surface area contributed by atoms with Gasteiger partial charge in [-0.15, -0.1) is 11.3 Å². The minimum absolute atomic E-state index is 0.0319. The van der Waals surface area contributed by atoms with Crippen LogP contribution in [0, 0.1) is 0 Å². The molecule has 11 rings (SSSR count). The Morgan fingerprint density at radius 2 is 0.667 bits per heavy atom. The van der Waals surface area contributed by atoms with Gasteiger partial charge in [0.15, 0.2) is 0 Å². The summed E-state index contributed by atoms with van der Waals surface area (Å²) in [5, 5.41) is 2.57. The van der Waals surface area contributed by atoms with E-state index in [9.17, 15) is 0 Å².